The fourth-order valence-electron chi connectivity index (χ4n) is 4.16. The summed E-state index contributed by atoms with van der Waals surface area (Å²) < 4.78 is 5.61. The number of nitrogens with zero attached hydrogens (tertiary/aromatic N) is 3. The summed E-state index contributed by atoms with van der Waals surface area (Å²) in [5.74, 6) is -0.563. The van der Waals surface area contributed by atoms with E-state index in [-0.39, 0.29) is 29.4 Å². The third-order valence-corrected chi connectivity index (χ3v) is 6.04. The van der Waals surface area contributed by atoms with Crippen molar-refractivity contribution in [1.29, 1.82) is 0 Å². The van der Waals surface area contributed by atoms with E-state index < -0.39 is 23.0 Å². The number of nitrogens with one attached hydrogen (secondary N) is 1. The van der Waals surface area contributed by atoms with E-state index in [0.29, 0.717) is 38.0 Å². The van der Waals surface area contributed by atoms with Crippen molar-refractivity contribution in [3.63, 3.8) is 0 Å². The van der Waals surface area contributed by atoms with E-state index in [1.165, 1.54) is 30.0 Å². The lowest BCUT2D eigenvalue weighted by molar-refractivity contribution is -0.384. The van der Waals surface area contributed by atoms with Crippen molar-refractivity contribution >= 4 is 23.6 Å². The molecule has 2 N–H and O–H groups in total. The van der Waals surface area contributed by atoms with Crippen molar-refractivity contribution in [3.05, 3.63) is 81.5 Å². The van der Waals surface area contributed by atoms with Gasteiger partial charge >= 0.3 is 12.0 Å². The average Bonchev–Trinajstić information content (AvgIpc) is 2.87. The Morgan fingerprint density at radius 3 is 2.57 bits per heavy atom. The maximum atomic E-state index is 12.8. The molecule has 37 heavy (non-hydrogen) atoms. The van der Waals surface area contributed by atoms with E-state index in [2.05, 4.69) is 5.32 Å². The molecule has 3 amide bonds. The first-order valence-corrected chi connectivity index (χ1v) is 11.9. The third kappa shape index (κ3) is 7.06. The highest BCUT2D eigenvalue weighted by atomic mass is 16.6. The van der Waals surface area contributed by atoms with Gasteiger partial charge in [-0.3, -0.25) is 14.9 Å². The minimum atomic E-state index is -1.23. The Morgan fingerprint density at radius 2 is 1.89 bits per heavy atom. The number of carboxylic acid groups (broad SMARTS) is 1. The van der Waals surface area contributed by atoms with Gasteiger partial charge in [-0.25, -0.2) is 9.59 Å². The molecule has 11 nitrogen and oxygen atoms in total. The highest BCUT2D eigenvalue weighted by Gasteiger charge is 2.38. The average molecular weight is 511 g/mol. The summed E-state index contributed by atoms with van der Waals surface area (Å²) in [6.07, 6.45) is 1.23. The summed E-state index contributed by atoms with van der Waals surface area (Å²) in [6, 6.07) is 13.4. The summed E-state index contributed by atoms with van der Waals surface area (Å²) >= 11 is 0. The highest BCUT2D eigenvalue weighted by Crippen LogP contribution is 2.35. The lowest BCUT2D eigenvalue weighted by Gasteiger charge is -2.37. The van der Waals surface area contributed by atoms with Crippen molar-refractivity contribution in [2.75, 3.05) is 26.7 Å². The van der Waals surface area contributed by atoms with Crippen LogP contribution in [0.15, 0.2) is 65.9 Å². The maximum Gasteiger partial charge on any atom is 0.335 e. The predicted molar refractivity (Wildman–Crippen MR) is 135 cm³/mol. The van der Waals surface area contributed by atoms with Gasteiger partial charge in [0.05, 0.1) is 23.1 Å². The van der Waals surface area contributed by atoms with Crippen LogP contribution in [0.25, 0.3) is 0 Å². The number of urea groups is 1. The molecule has 0 aliphatic carbocycles. The molecule has 0 radical (unpaired) electrons. The summed E-state index contributed by atoms with van der Waals surface area (Å²) in [7, 11) is 1.67. The van der Waals surface area contributed by atoms with Gasteiger partial charge in [0.25, 0.3) is 5.69 Å². The van der Waals surface area contributed by atoms with Crippen LogP contribution in [0.3, 0.4) is 0 Å². The van der Waals surface area contributed by atoms with Crippen LogP contribution in [-0.2, 0) is 9.59 Å². The van der Waals surface area contributed by atoms with E-state index in [1.807, 2.05) is 30.3 Å². The Balaban J connectivity index is 1.62. The second-order valence-corrected chi connectivity index (χ2v) is 8.66. The van der Waals surface area contributed by atoms with Gasteiger partial charge in [0.15, 0.2) is 0 Å². The summed E-state index contributed by atoms with van der Waals surface area (Å²) in [4.78, 5) is 51.0. The zero-order chi connectivity index (χ0) is 26.9. The topological polar surface area (TPSA) is 142 Å². The first-order chi connectivity index (χ1) is 17.7. The molecule has 1 heterocycles. The molecule has 0 bridgehead atoms. The predicted octanol–water partition coefficient (Wildman–Crippen LogP) is 3.73. The van der Waals surface area contributed by atoms with Gasteiger partial charge in [-0.1, -0.05) is 30.3 Å². The highest BCUT2D eigenvalue weighted by molar-refractivity contribution is 5.93. The Bertz CT molecular complexity index is 1180. The minimum absolute atomic E-state index is 0.0667. The van der Waals surface area contributed by atoms with Crippen LogP contribution < -0.4 is 10.1 Å². The molecule has 0 fully saturated rings. The van der Waals surface area contributed by atoms with Gasteiger partial charge in [0, 0.05) is 44.4 Å². The first-order valence-electron chi connectivity index (χ1n) is 11.9. The SMILES string of the molecule is CC1=C(C(=O)O)C(c2cccc([N+](=O)[O-])c2)N(CCCN(C)C(=O)CCCOc2ccccc2)C(=O)N1. The number of aliphatic carboxylic acids is 1. The normalized spacial score (nSPS) is 15.2. The molecule has 196 valence electrons. The number of benzene rings is 2. The Kier molecular flexibility index (Phi) is 9.20. The number of carbonyl (C=O) groups excluding carboxylic acids is 2. The Labute approximate surface area is 214 Å². The zero-order valence-corrected chi connectivity index (χ0v) is 20.8. The second kappa shape index (κ2) is 12.5. The summed E-state index contributed by atoms with van der Waals surface area (Å²) in [6.45, 7) is 2.37. The molecule has 1 aliphatic heterocycles. The number of carbonyl (C=O) groups is 3. The number of hydrogen-bond acceptors (Lipinski definition) is 6. The van der Waals surface area contributed by atoms with Gasteiger partial charge in [0.2, 0.25) is 5.91 Å². The lowest BCUT2D eigenvalue weighted by Crippen LogP contribution is -2.49. The number of allylic oxidation sites excluding steroid dienone is 1. The van der Waals surface area contributed by atoms with Crippen LogP contribution in [0.5, 0.6) is 5.75 Å². The van der Waals surface area contributed by atoms with Crippen molar-refractivity contribution in [2.24, 2.45) is 0 Å². The zero-order valence-electron chi connectivity index (χ0n) is 20.8. The number of ether oxygens (including phenoxy) is 1. The van der Waals surface area contributed by atoms with Gasteiger partial charge in [-0.05, 0) is 37.5 Å². The van der Waals surface area contributed by atoms with Crippen LogP contribution in [0, 0.1) is 10.1 Å². The van der Waals surface area contributed by atoms with Gasteiger partial charge in [0.1, 0.15) is 5.75 Å². The molecule has 1 unspecified atom stereocenters. The molecule has 0 aromatic heterocycles. The standard InChI is InChI=1S/C26H30N4O7/c1-18-23(25(32)33)24(19-9-6-10-20(17-19)30(35)36)29(26(34)27-18)15-8-14-28(2)22(31)13-7-16-37-21-11-4-3-5-12-21/h3-6,9-12,17,24H,7-8,13-16H2,1-2H3,(H,27,34)(H,32,33). The molecular weight excluding hydrogens is 480 g/mol. The van der Waals surface area contributed by atoms with E-state index >= 15 is 0 Å². The van der Waals surface area contributed by atoms with E-state index in [1.54, 1.807) is 18.0 Å². The van der Waals surface area contributed by atoms with Gasteiger partial charge < -0.3 is 25.0 Å². The van der Waals surface area contributed by atoms with Crippen molar-refractivity contribution in [2.45, 2.75) is 32.2 Å². The lowest BCUT2D eigenvalue weighted by atomic mass is 9.93. The van der Waals surface area contributed by atoms with Crippen molar-refractivity contribution < 1.29 is 29.2 Å². The van der Waals surface area contributed by atoms with Crippen LogP contribution in [0.4, 0.5) is 10.5 Å². The fourth-order valence-corrected chi connectivity index (χ4v) is 4.16. The fraction of sp³-hybridized carbons (Fsp3) is 0.346. The van der Waals surface area contributed by atoms with Crippen LogP contribution in [-0.4, -0.2) is 64.5 Å². The van der Waals surface area contributed by atoms with Crippen LogP contribution >= 0.6 is 0 Å². The Morgan fingerprint density at radius 1 is 1.16 bits per heavy atom. The molecular formula is C26H30N4O7. The number of carboxylic acids is 1. The summed E-state index contributed by atoms with van der Waals surface area (Å²) in [5.41, 5.74) is 0.231. The largest absolute Gasteiger partial charge is 0.494 e. The number of hydrogen-bond donors (Lipinski definition) is 2. The van der Waals surface area contributed by atoms with E-state index in [0.717, 1.165) is 5.75 Å². The monoisotopic (exact) mass is 510 g/mol. The molecule has 2 aromatic rings. The van der Waals surface area contributed by atoms with Gasteiger partial charge in [-0.15, -0.1) is 0 Å². The number of nitro benzene ring substituents is 1. The first kappa shape index (κ1) is 27.2. The molecule has 0 spiro atoms. The molecule has 0 saturated heterocycles. The number of amides is 3. The number of para-hydroxylation sites is 1. The molecule has 11 heteroatoms. The quantitative estimate of drug-likeness (QED) is 0.252. The van der Waals surface area contributed by atoms with E-state index in [4.69, 9.17) is 4.74 Å². The van der Waals surface area contributed by atoms with Crippen molar-refractivity contribution in [1.82, 2.24) is 15.1 Å². The van der Waals surface area contributed by atoms with Gasteiger partial charge in [-0.2, -0.15) is 0 Å². The summed E-state index contributed by atoms with van der Waals surface area (Å²) in [5, 5.41) is 23.7. The molecule has 2 aromatic carbocycles. The minimum Gasteiger partial charge on any atom is -0.494 e. The number of nitro groups is 1. The molecule has 1 atom stereocenters. The molecule has 3 rings (SSSR count). The van der Waals surface area contributed by atoms with Crippen LogP contribution in [0.1, 0.15) is 37.8 Å². The van der Waals surface area contributed by atoms with Crippen LogP contribution in [0.2, 0.25) is 0 Å². The smallest absolute Gasteiger partial charge is 0.335 e. The Hall–Kier alpha value is -4.41. The number of non-ortho nitro benzene ring substituents is 1. The maximum absolute atomic E-state index is 12.8. The van der Waals surface area contributed by atoms with E-state index in [9.17, 15) is 29.6 Å². The number of rotatable bonds is 12. The van der Waals surface area contributed by atoms with Crippen molar-refractivity contribution in [3.8, 4) is 5.75 Å². The molecule has 0 saturated carbocycles. The third-order valence-electron chi connectivity index (χ3n) is 6.04. The second-order valence-electron chi connectivity index (χ2n) is 8.66. The molecule has 1 aliphatic rings.